The molecule has 3 aromatic rings. The van der Waals surface area contributed by atoms with E-state index in [1.165, 1.54) is 23.9 Å². The standard InChI is InChI=1S/C20H20BrN5O3S/c1-3-25-18(13(2)22-19(27)16-6-4-5-7-17(16)21)23-24-20(25)30-12-14-8-10-15(11-9-14)26(28)29/h4-11,13H,3,12H2,1-2H3,(H,22,27)/t13-/m0/s1. The van der Waals surface area contributed by atoms with Crippen molar-refractivity contribution in [1.29, 1.82) is 0 Å². The van der Waals surface area contributed by atoms with Crippen LogP contribution in [0, 0.1) is 10.1 Å². The largest absolute Gasteiger partial charge is 0.342 e. The molecule has 0 radical (unpaired) electrons. The summed E-state index contributed by atoms with van der Waals surface area (Å²) in [6.45, 7) is 4.51. The average molecular weight is 490 g/mol. The van der Waals surface area contributed by atoms with Crippen LogP contribution in [0.25, 0.3) is 0 Å². The van der Waals surface area contributed by atoms with Gasteiger partial charge in [-0.1, -0.05) is 36.0 Å². The highest BCUT2D eigenvalue weighted by Crippen LogP contribution is 2.25. The molecule has 156 valence electrons. The third-order valence-corrected chi connectivity index (χ3v) is 6.16. The van der Waals surface area contributed by atoms with Crippen molar-refractivity contribution in [2.75, 3.05) is 0 Å². The van der Waals surface area contributed by atoms with Gasteiger partial charge in [0.1, 0.15) is 0 Å². The Hall–Kier alpha value is -2.72. The minimum absolute atomic E-state index is 0.0670. The molecule has 10 heteroatoms. The van der Waals surface area contributed by atoms with Gasteiger partial charge < -0.3 is 9.88 Å². The predicted octanol–water partition coefficient (Wildman–Crippen LogP) is 4.75. The van der Waals surface area contributed by atoms with Crippen molar-refractivity contribution < 1.29 is 9.72 Å². The van der Waals surface area contributed by atoms with Gasteiger partial charge in [0, 0.05) is 28.9 Å². The van der Waals surface area contributed by atoms with Gasteiger partial charge in [0.15, 0.2) is 11.0 Å². The molecule has 30 heavy (non-hydrogen) atoms. The molecule has 2 aromatic carbocycles. The lowest BCUT2D eigenvalue weighted by Crippen LogP contribution is -2.29. The smallest absolute Gasteiger partial charge is 0.269 e. The van der Waals surface area contributed by atoms with E-state index in [-0.39, 0.29) is 17.6 Å². The summed E-state index contributed by atoms with van der Waals surface area (Å²) in [5.41, 5.74) is 1.57. The zero-order valence-corrected chi connectivity index (χ0v) is 18.8. The first kappa shape index (κ1) is 22.0. The minimum atomic E-state index is -0.416. The van der Waals surface area contributed by atoms with Crippen LogP contribution in [0.5, 0.6) is 0 Å². The first-order valence-corrected chi connectivity index (χ1v) is 11.0. The molecule has 1 heterocycles. The molecule has 1 N–H and O–H groups in total. The molecule has 0 fully saturated rings. The molecule has 0 saturated carbocycles. The second-order valence-electron chi connectivity index (χ2n) is 6.47. The van der Waals surface area contributed by atoms with E-state index in [4.69, 9.17) is 0 Å². The Morgan fingerprint density at radius 1 is 1.23 bits per heavy atom. The van der Waals surface area contributed by atoms with E-state index in [1.807, 2.05) is 36.6 Å². The third kappa shape index (κ3) is 5.06. The van der Waals surface area contributed by atoms with Gasteiger partial charge in [-0.3, -0.25) is 14.9 Å². The molecule has 0 aliphatic rings. The summed E-state index contributed by atoms with van der Waals surface area (Å²) in [6.07, 6.45) is 0. The lowest BCUT2D eigenvalue weighted by Gasteiger charge is -2.15. The highest BCUT2D eigenvalue weighted by atomic mass is 79.9. The molecule has 0 aliphatic carbocycles. The number of thioether (sulfide) groups is 1. The van der Waals surface area contributed by atoms with E-state index < -0.39 is 4.92 Å². The highest BCUT2D eigenvalue weighted by Gasteiger charge is 2.20. The van der Waals surface area contributed by atoms with Crippen LogP contribution in [-0.2, 0) is 12.3 Å². The summed E-state index contributed by atoms with van der Waals surface area (Å²) in [6, 6.07) is 13.4. The van der Waals surface area contributed by atoms with E-state index in [0.717, 1.165) is 15.2 Å². The lowest BCUT2D eigenvalue weighted by atomic mass is 10.2. The van der Waals surface area contributed by atoms with Gasteiger partial charge in [0.25, 0.3) is 11.6 Å². The van der Waals surface area contributed by atoms with Gasteiger partial charge in [0.05, 0.1) is 16.5 Å². The number of halogens is 1. The van der Waals surface area contributed by atoms with Crippen molar-refractivity contribution in [3.8, 4) is 0 Å². The van der Waals surface area contributed by atoms with Gasteiger partial charge in [-0.15, -0.1) is 10.2 Å². The number of hydrogen-bond acceptors (Lipinski definition) is 6. The molecule has 0 aliphatic heterocycles. The molecule has 1 aromatic heterocycles. The molecule has 1 atom stereocenters. The Morgan fingerprint density at radius 3 is 2.57 bits per heavy atom. The lowest BCUT2D eigenvalue weighted by molar-refractivity contribution is -0.384. The summed E-state index contributed by atoms with van der Waals surface area (Å²) >= 11 is 4.89. The zero-order valence-electron chi connectivity index (χ0n) is 16.4. The van der Waals surface area contributed by atoms with Crippen LogP contribution in [0.2, 0.25) is 0 Å². The number of amides is 1. The molecule has 0 bridgehead atoms. The fourth-order valence-corrected chi connectivity index (χ4v) is 4.30. The fourth-order valence-electron chi connectivity index (χ4n) is 2.87. The zero-order chi connectivity index (χ0) is 21.7. The Balaban J connectivity index is 1.69. The van der Waals surface area contributed by atoms with Crippen LogP contribution in [0.15, 0.2) is 58.2 Å². The van der Waals surface area contributed by atoms with E-state index in [0.29, 0.717) is 23.7 Å². The molecular formula is C20H20BrN5O3S. The number of rotatable bonds is 8. The number of benzene rings is 2. The number of non-ortho nitro benzene ring substituents is 1. The van der Waals surface area contributed by atoms with Crippen LogP contribution >= 0.6 is 27.7 Å². The van der Waals surface area contributed by atoms with Crippen molar-refractivity contribution in [2.45, 2.75) is 37.3 Å². The Kier molecular flexibility index (Phi) is 7.22. The maximum atomic E-state index is 12.6. The van der Waals surface area contributed by atoms with E-state index >= 15 is 0 Å². The number of nitrogens with one attached hydrogen (secondary N) is 1. The molecular weight excluding hydrogens is 470 g/mol. The maximum Gasteiger partial charge on any atom is 0.269 e. The summed E-state index contributed by atoms with van der Waals surface area (Å²) in [7, 11) is 0. The monoisotopic (exact) mass is 489 g/mol. The molecule has 3 rings (SSSR count). The van der Waals surface area contributed by atoms with Gasteiger partial charge in [-0.2, -0.15) is 0 Å². The summed E-state index contributed by atoms with van der Waals surface area (Å²) in [4.78, 5) is 22.9. The van der Waals surface area contributed by atoms with Crippen LogP contribution in [-0.4, -0.2) is 25.6 Å². The molecule has 1 amide bonds. The number of carbonyl (C=O) groups is 1. The molecule has 0 unspecified atom stereocenters. The maximum absolute atomic E-state index is 12.6. The van der Waals surface area contributed by atoms with Crippen molar-refractivity contribution in [2.24, 2.45) is 0 Å². The number of carbonyl (C=O) groups excluding carboxylic acids is 1. The van der Waals surface area contributed by atoms with E-state index in [9.17, 15) is 14.9 Å². The van der Waals surface area contributed by atoms with Gasteiger partial charge in [0.2, 0.25) is 0 Å². The van der Waals surface area contributed by atoms with Crippen LogP contribution in [0.3, 0.4) is 0 Å². The van der Waals surface area contributed by atoms with Crippen molar-refractivity contribution in [3.05, 3.63) is 80.1 Å². The average Bonchev–Trinajstić information content (AvgIpc) is 3.15. The van der Waals surface area contributed by atoms with Gasteiger partial charge >= 0.3 is 0 Å². The van der Waals surface area contributed by atoms with Crippen molar-refractivity contribution in [1.82, 2.24) is 20.1 Å². The molecule has 8 nitrogen and oxygen atoms in total. The van der Waals surface area contributed by atoms with Crippen LogP contribution < -0.4 is 5.32 Å². The van der Waals surface area contributed by atoms with E-state index in [2.05, 4.69) is 31.4 Å². The molecule has 0 spiro atoms. The first-order chi connectivity index (χ1) is 14.4. The number of nitro groups is 1. The van der Waals surface area contributed by atoms with Crippen LogP contribution in [0.1, 0.15) is 41.6 Å². The van der Waals surface area contributed by atoms with Gasteiger partial charge in [-0.25, -0.2) is 0 Å². The number of aromatic nitrogens is 3. The topological polar surface area (TPSA) is 103 Å². The minimum Gasteiger partial charge on any atom is -0.342 e. The second-order valence-corrected chi connectivity index (χ2v) is 8.27. The normalized spacial score (nSPS) is 11.8. The quantitative estimate of drug-likeness (QED) is 0.278. The van der Waals surface area contributed by atoms with Gasteiger partial charge in [-0.05, 0) is 47.5 Å². The summed E-state index contributed by atoms with van der Waals surface area (Å²) in [5.74, 6) is 1.08. The summed E-state index contributed by atoms with van der Waals surface area (Å²) in [5, 5.41) is 23.0. The third-order valence-electron chi connectivity index (χ3n) is 4.43. The fraction of sp³-hybridized carbons (Fsp3) is 0.250. The second kappa shape index (κ2) is 9.86. The number of nitro benzene ring substituents is 1. The predicted molar refractivity (Wildman–Crippen MR) is 118 cm³/mol. The highest BCUT2D eigenvalue weighted by molar-refractivity contribution is 9.10. The van der Waals surface area contributed by atoms with E-state index in [1.54, 1.807) is 18.2 Å². The number of hydrogen-bond donors (Lipinski definition) is 1. The molecule has 0 saturated heterocycles. The van der Waals surface area contributed by atoms with Crippen molar-refractivity contribution >= 4 is 39.3 Å². The summed E-state index contributed by atoms with van der Waals surface area (Å²) < 4.78 is 2.69. The SMILES string of the molecule is CCn1c(SCc2ccc([N+](=O)[O-])cc2)nnc1[C@H](C)NC(=O)c1ccccc1Br. The van der Waals surface area contributed by atoms with Crippen molar-refractivity contribution in [3.63, 3.8) is 0 Å². The van der Waals surface area contributed by atoms with Crippen LogP contribution in [0.4, 0.5) is 5.69 Å². The Morgan fingerprint density at radius 2 is 1.93 bits per heavy atom. The first-order valence-electron chi connectivity index (χ1n) is 9.25. The Labute approximate surface area is 186 Å². The Bertz CT molecular complexity index is 1050. The number of nitrogens with zero attached hydrogens (tertiary/aromatic N) is 4.